The van der Waals surface area contributed by atoms with Crippen molar-refractivity contribution < 1.29 is 22.7 Å². The normalized spacial score (nSPS) is 27.1. The van der Waals surface area contributed by atoms with Gasteiger partial charge in [0.2, 0.25) is 0 Å². The van der Waals surface area contributed by atoms with Gasteiger partial charge in [-0.15, -0.1) is 0 Å². The van der Waals surface area contributed by atoms with Crippen molar-refractivity contribution in [3.8, 4) is 0 Å². The number of alkyl halides is 3. The Balaban J connectivity index is 2.77. The van der Waals surface area contributed by atoms with E-state index >= 15 is 0 Å². The zero-order valence-corrected chi connectivity index (χ0v) is 10.1. The Morgan fingerprint density at radius 1 is 1.41 bits per heavy atom. The maximum Gasteiger partial charge on any atom is 0.409 e. The van der Waals surface area contributed by atoms with Gasteiger partial charge in [0.1, 0.15) is 6.04 Å². The summed E-state index contributed by atoms with van der Waals surface area (Å²) < 4.78 is 43.0. The minimum Gasteiger partial charge on any atom is -0.450 e. The zero-order chi connectivity index (χ0) is 13.2. The quantitative estimate of drug-likeness (QED) is 0.714. The van der Waals surface area contributed by atoms with E-state index in [2.05, 4.69) is 0 Å². The summed E-state index contributed by atoms with van der Waals surface area (Å²) in [5.74, 6) is 0. The van der Waals surface area contributed by atoms with Crippen molar-refractivity contribution in [1.29, 1.82) is 0 Å². The first-order valence-electron chi connectivity index (χ1n) is 5.47. The molecule has 0 aromatic rings. The Kier molecular flexibility index (Phi) is 4.24. The number of nitrogens with zero attached hydrogens (tertiary/aromatic N) is 2. The second kappa shape index (κ2) is 5.12. The molecule has 1 rings (SSSR count). The smallest absolute Gasteiger partial charge is 0.409 e. The lowest BCUT2D eigenvalue weighted by atomic mass is 10.1. The van der Waals surface area contributed by atoms with Crippen molar-refractivity contribution >= 4 is 6.09 Å². The van der Waals surface area contributed by atoms with E-state index < -0.39 is 18.3 Å². The molecule has 0 spiro atoms. The lowest BCUT2D eigenvalue weighted by Crippen LogP contribution is -2.62. The van der Waals surface area contributed by atoms with E-state index in [1.165, 1.54) is 11.9 Å². The molecular weight excluding hydrogens is 237 g/mol. The zero-order valence-electron chi connectivity index (χ0n) is 10.1. The van der Waals surface area contributed by atoms with Gasteiger partial charge in [0, 0.05) is 19.1 Å². The Hall–Kier alpha value is -0.980. The van der Waals surface area contributed by atoms with Crippen LogP contribution in [-0.4, -0.2) is 60.9 Å². The van der Waals surface area contributed by atoms with Crippen molar-refractivity contribution in [1.82, 2.24) is 9.80 Å². The monoisotopic (exact) mass is 254 g/mol. The van der Waals surface area contributed by atoms with Crippen molar-refractivity contribution in [2.45, 2.75) is 32.1 Å². The fourth-order valence-electron chi connectivity index (χ4n) is 1.87. The first-order chi connectivity index (χ1) is 7.77. The third-order valence-corrected chi connectivity index (χ3v) is 2.97. The molecule has 0 bridgehead atoms. The molecule has 17 heavy (non-hydrogen) atoms. The average Bonchev–Trinajstić information content (AvgIpc) is 2.20. The highest BCUT2D eigenvalue weighted by molar-refractivity contribution is 5.67. The van der Waals surface area contributed by atoms with Crippen LogP contribution in [0.15, 0.2) is 0 Å². The fourth-order valence-corrected chi connectivity index (χ4v) is 1.87. The topological polar surface area (TPSA) is 32.8 Å². The summed E-state index contributed by atoms with van der Waals surface area (Å²) in [6.07, 6.45) is -5.02. The molecule has 1 amide bonds. The van der Waals surface area contributed by atoms with Gasteiger partial charge in [-0.3, -0.25) is 4.90 Å². The fraction of sp³-hybridized carbons (Fsp3) is 0.900. The molecule has 1 heterocycles. The van der Waals surface area contributed by atoms with E-state index in [9.17, 15) is 18.0 Å². The summed E-state index contributed by atoms with van der Waals surface area (Å²) in [5, 5.41) is 0. The van der Waals surface area contributed by atoms with Crippen molar-refractivity contribution in [2.24, 2.45) is 0 Å². The van der Waals surface area contributed by atoms with Crippen molar-refractivity contribution in [3.63, 3.8) is 0 Å². The molecule has 0 aliphatic carbocycles. The Bertz CT molecular complexity index is 283. The van der Waals surface area contributed by atoms with Gasteiger partial charge in [0.05, 0.1) is 6.61 Å². The van der Waals surface area contributed by atoms with Crippen molar-refractivity contribution in [3.05, 3.63) is 0 Å². The first kappa shape index (κ1) is 14.1. The van der Waals surface area contributed by atoms with Crippen molar-refractivity contribution in [2.75, 3.05) is 26.7 Å². The third kappa shape index (κ3) is 3.24. The average molecular weight is 254 g/mol. The van der Waals surface area contributed by atoms with E-state index in [4.69, 9.17) is 4.74 Å². The summed E-state index contributed by atoms with van der Waals surface area (Å²) in [6, 6.07) is -1.98. The number of carbonyl (C=O) groups excluding carboxylic acids is 1. The van der Waals surface area contributed by atoms with E-state index in [1.807, 2.05) is 0 Å². The number of ether oxygens (including phenoxy) is 1. The van der Waals surface area contributed by atoms with Gasteiger partial charge in [-0.1, -0.05) is 0 Å². The molecule has 2 unspecified atom stereocenters. The highest BCUT2D eigenvalue weighted by Gasteiger charge is 2.48. The summed E-state index contributed by atoms with van der Waals surface area (Å²) >= 11 is 0. The van der Waals surface area contributed by atoms with Gasteiger partial charge >= 0.3 is 12.3 Å². The van der Waals surface area contributed by atoms with Crippen LogP contribution in [0.3, 0.4) is 0 Å². The molecule has 7 heteroatoms. The van der Waals surface area contributed by atoms with Gasteiger partial charge in [0.25, 0.3) is 0 Å². The van der Waals surface area contributed by atoms with E-state index in [0.29, 0.717) is 0 Å². The predicted molar refractivity (Wildman–Crippen MR) is 55.7 cm³/mol. The SMILES string of the molecule is CCOC(=O)N1CC(C)N(C)C(C(F)(F)F)C1. The molecule has 0 aromatic heterocycles. The van der Waals surface area contributed by atoms with E-state index in [1.54, 1.807) is 13.8 Å². The predicted octanol–water partition coefficient (Wildman–Crippen LogP) is 1.71. The maximum absolute atomic E-state index is 12.8. The molecule has 1 aliphatic rings. The highest BCUT2D eigenvalue weighted by atomic mass is 19.4. The number of rotatable bonds is 1. The molecule has 1 aliphatic heterocycles. The largest absolute Gasteiger partial charge is 0.450 e. The number of piperazine rings is 1. The second-order valence-electron chi connectivity index (χ2n) is 4.18. The van der Waals surface area contributed by atoms with E-state index in [-0.39, 0.29) is 25.7 Å². The molecular formula is C10H17F3N2O2. The number of hydrogen-bond acceptors (Lipinski definition) is 3. The Morgan fingerprint density at radius 2 is 2.00 bits per heavy atom. The van der Waals surface area contributed by atoms with Gasteiger partial charge in [-0.25, -0.2) is 4.79 Å². The molecule has 1 saturated heterocycles. The minimum atomic E-state index is -4.34. The molecule has 4 nitrogen and oxygen atoms in total. The highest BCUT2D eigenvalue weighted by Crippen LogP contribution is 2.29. The minimum absolute atomic E-state index is 0.163. The molecule has 0 aromatic carbocycles. The summed E-state index contributed by atoms with van der Waals surface area (Å²) in [4.78, 5) is 13.8. The van der Waals surface area contributed by atoms with Crippen LogP contribution in [0.2, 0.25) is 0 Å². The van der Waals surface area contributed by atoms with Crippen LogP contribution in [0.25, 0.3) is 0 Å². The van der Waals surface area contributed by atoms with Crippen LogP contribution < -0.4 is 0 Å². The Labute approximate surface area is 98.3 Å². The molecule has 100 valence electrons. The molecule has 1 fully saturated rings. The number of hydrogen-bond donors (Lipinski definition) is 0. The van der Waals surface area contributed by atoms with Gasteiger partial charge in [-0.05, 0) is 20.9 Å². The lowest BCUT2D eigenvalue weighted by molar-refractivity contribution is -0.197. The Morgan fingerprint density at radius 3 is 2.47 bits per heavy atom. The molecule has 0 N–H and O–H groups in total. The molecule has 0 radical (unpaired) electrons. The lowest BCUT2D eigenvalue weighted by Gasteiger charge is -2.43. The maximum atomic E-state index is 12.8. The number of amides is 1. The van der Waals surface area contributed by atoms with Gasteiger partial charge in [-0.2, -0.15) is 13.2 Å². The summed E-state index contributed by atoms with van der Waals surface area (Å²) in [5.41, 5.74) is 0. The van der Waals surface area contributed by atoms with Crippen LogP contribution in [0, 0.1) is 0 Å². The number of carbonyl (C=O) groups is 1. The van der Waals surface area contributed by atoms with Crippen LogP contribution >= 0.6 is 0 Å². The number of halogens is 3. The van der Waals surface area contributed by atoms with E-state index in [0.717, 1.165) is 4.90 Å². The summed E-state index contributed by atoms with van der Waals surface area (Å²) in [7, 11) is 1.42. The second-order valence-corrected chi connectivity index (χ2v) is 4.18. The first-order valence-corrected chi connectivity index (χ1v) is 5.47. The van der Waals surface area contributed by atoms with Crippen LogP contribution in [-0.2, 0) is 4.74 Å². The molecule has 0 saturated carbocycles. The van der Waals surface area contributed by atoms with Crippen LogP contribution in [0.5, 0.6) is 0 Å². The van der Waals surface area contributed by atoms with Crippen LogP contribution in [0.1, 0.15) is 13.8 Å². The van der Waals surface area contributed by atoms with Crippen LogP contribution in [0.4, 0.5) is 18.0 Å². The standard InChI is InChI=1S/C10H17F3N2O2/c1-4-17-9(16)15-5-7(2)14(3)8(6-15)10(11,12)13/h7-8H,4-6H2,1-3H3. The third-order valence-electron chi connectivity index (χ3n) is 2.97. The number of likely N-dealkylation sites (N-methyl/N-ethyl adjacent to an activating group) is 1. The summed E-state index contributed by atoms with van der Waals surface area (Å²) in [6.45, 7) is 3.32. The van der Waals surface area contributed by atoms with Gasteiger partial charge < -0.3 is 9.64 Å². The molecule has 2 atom stereocenters. The van der Waals surface area contributed by atoms with Gasteiger partial charge in [0.15, 0.2) is 0 Å².